The number of aromatic nitrogens is 1. The van der Waals surface area contributed by atoms with Crippen molar-refractivity contribution in [2.45, 2.75) is 77.5 Å². The van der Waals surface area contributed by atoms with Gasteiger partial charge in [-0.15, -0.1) is 11.8 Å². The number of aryl methyl sites for hydroxylation is 1. The number of nitrogens with one attached hydrogen (secondary N) is 3. The van der Waals surface area contributed by atoms with E-state index in [1.54, 1.807) is 0 Å². The standard InChI is InChI=1S/C30H43N5O3S/c1-8-28(36)31-17-22-15-24(29(37)32-18-25-27(39-7)14-20(5)33-30(25)38)21(6)26(16-22)35(9-2)23-10-12-34(13-11-23)19(3)4/h8,14-16,19,23H,1,9-13,17-18H2,2-7H3,(H,31,36)(H,32,37)(H,33,38). The highest BCUT2D eigenvalue weighted by Crippen LogP contribution is 2.31. The Balaban J connectivity index is 1.93. The van der Waals surface area contributed by atoms with Gasteiger partial charge in [-0.1, -0.05) is 6.58 Å². The minimum absolute atomic E-state index is 0.127. The first kappa shape index (κ1) is 30.5. The van der Waals surface area contributed by atoms with Crippen molar-refractivity contribution in [1.82, 2.24) is 20.5 Å². The molecule has 1 aliphatic heterocycles. The minimum atomic E-state index is -0.264. The van der Waals surface area contributed by atoms with Crippen molar-refractivity contribution in [3.63, 3.8) is 0 Å². The molecular formula is C30H43N5O3S. The first-order valence-electron chi connectivity index (χ1n) is 13.7. The molecule has 0 spiro atoms. The smallest absolute Gasteiger partial charge is 0.254 e. The second kappa shape index (κ2) is 13.8. The zero-order chi connectivity index (χ0) is 28.7. The number of H-pyrrole nitrogens is 1. The van der Waals surface area contributed by atoms with Crippen molar-refractivity contribution in [3.05, 3.63) is 69.2 Å². The lowest BCUT2D eigenvalue weighted by molar-refractivity contribution is -0.116. The molecule has 2 heterocycles. The summed E-state index contributed by atoms with van der Waals surface area (Å²) in [5.41, 5.74) is 4.42. The summed E-state index contributed by atoms with van der Waals surface area (Å²) in [6.45, 7) is 17.3. The average Bonchev–Trinajstić information content (AvgIpc) is 2.92. The first-order chi connectivity index (χ1) is 18.6. The van der Waals surface area contributed by atoms with Gasteiger partial charge in [0.2, 0.25) is 5.91 Å². The molecule has 9 heteroatoms. The Morgan fingerprint density at radius 2 is 1.87 bits per heavy atom. The number of hydrogen-bond donors (Lipinski definition) is 3. The molecule has 0 atom stereocenters. The lowest BCUT2D eigenvalue weighted by Crippen LogP contribution is -2.47. The SMILES string of the molecule is C=CC(=O)NCc1cc(C(=O)NCc2c(SC)cc(C)[nH]c2=O)c(C)c(N(CC)C2CCN(C(C)C)CC2)c1. The zero-order valence-electron chi connectivity index (χ0n) is 24.1. The third-order valence-corrected chi connectivity index (χ3v) is 8.34. The maximum absolute atomic E-state index is 13.6. The Kier molecular flexibility index (Phi) is 10.8. The number of likely N-dealkylation sites (tertiary alicyclic amines) is 1. The van der Waals surface area contributed by atoms with E-state index in [0.717, 1.165) is 59.9 Å². The highest BCUT2D eigenvalue weighted by atomic mass is 32.2. The van der Waals surface area contributed by atoms with Gasteiger partial charge in [0.25, 0.3) is 11.5 Å². The Labute approximate surface area is 236 Å². The van der Waals surface area contributed by atoms with Crippen LogP contribution < -0.4 is 21.1 Å². The Morgan fingerprint density at radius 3 is 2.46 bits per heavy atom. The molecule has 1 saturated heterocycles. The van der Waals surface area contributed by atoms with Gasteiger partial charge < -0.3 is 25.4 Å². The second-order valence-corrected chi connectivity index (χ2v) is 11.2. The van der Waals surface area contributed by atoms with Gasteiger partial charge in [-0.2, -0.15) is 0 Å². The topological polar surface area (TPSA) is 97.5 Å². The third-order valence-electron chi connectivity index (χ3n) is 7.53. The Hall–Kier alpha value is -3.04. The first-order valence-corrected chi connectivity index (χ1v) is 14.9. The molecule has 3 N–H and O–H groups in total. The van der Waals surface area contributed by atoms with Crippen molar-refractivity contribution >= 4 is 29.3 Å². The summed E-state index contributed by atoms with van der Waals surface area (Å²) < 4.78 is 0. The van der Waals surface area contributed by atoms with E-state index in [4.69, 9.17) is 0 Å². The molecule has 2 aromatic rings. The number of pyridine rings is 1. The molecule has 0 radical (unpaired) electrons. The van der Waals surface area contributed by atoms with Crippen LogP contribution in [0, 0.1) is 13.8 Å². The number of rotatable bonds is 11. The molecule has 1 aromatic carbocycles. The molecule has 1 fully saturated rings. The van der Waals surface area contributed by atoms with Gasteiger partial charge >= 0.3 is 0 Å². The fourth-order valence-corrected chi connectivity index (χ4v) is 6.00. The molecular weight excluding hydrogens is 510 g/mol. The lowest BCUT2D eigenvalue weighted by Gasteiger charge is -2.41. The summed E-state index contributed by atoms with van der Waals surface area (Å²) in [4.78, 5) is 46.7. The number of carbonyl (C=O) groups is 2. The normalized spacial score (nSPS) is 14.3. The van der Waals surface area contributed by atoms with Crippen LogP contribution in [-0.4, -0.2) is 59.7 Å². The van der Waals surface area contributed by atoms with E-state index in [-0.39, 0.29) is 30.5 Å². The molecule has 8 nitrogen and oxygen atoms in total. The summed E-state index contributed by atoms with van der Waals surface area (Å²) in [7, 11) is 0. The van der Waals surface area contributed by atoms with Gasteiger partial charge in [-0.3, -0.25) is 14.4 Å². The maximum Gasteiger partial charge on any atom is 0.254 e. The maximum atomic E-state index is 13.6. The van der Waals surface area contributed by atoms with Crippen molar-refractivity contribution in [2.75, 3.05) is 30.8 Å². The molecule has 212 valence electrons. The van der Waals surface area contributed by atoms with Crippen molar-refractivity contribution < 1.29 is 9.59 Å². The molecule has 3 rings (SSSR count). The highest BCUT2D eigenvalue weighted by Gasteiger charge is 2.27. The summed E-state index contributed by atoms with van der Waals surface area (Å²) in [5, 5.41) is 5.82. The zero-order valence-corrected chi connectivity index (χ0v) is 25.0. The van der Waals surface area contributed by atoms with Crippen LogP contribution in [0.3, 0.4) is 0 Å². The molecule has 39 heavy (non-hydrogen) atoms. The number of aromatic amines is 1. The number of piperidine rings is 1. The van der Waals surface area contributed by atoms with Crippen LogP contribution in [0.5, 0.6) is 0 Å². The fourth-order valence-electron chi connectivity index (χ4n) is 5.29. The average molecular weight is 554 g/mol. The second-order valence-electron chi connectivity index (χ2n) is 10.4. The Bertz CT molecular complexity index is 1250. The number of nitrogens with zero attached hydrogens (tertiary/aromatic N) is 2. The third kappa shape index (κ3) is 7.54. The molecule has 0 aliphatic carbocycles. The summed E-state index contributed by atoms with van der Waals surface area (Å²) in [6.07, 6.45) is 5.27. The van der Waals surface area contributed by atoms with Gasteiger partial charge in [0.15, 0.2) is 0 Å². The molecule has 0 saturated carbocycles. The number of hydrogen-bond acceptors (Lipinski definition) is 6. The minimum Gasteiger partial charge on any atom is -0.368 e. The molecule has 0 unspecified atom stereocenters. The number of amides is 2. The molecule has 2 amide bonds. The van der Waals surface area contributed by atoms with Gasteiger partial charge in [-0.25, -0.2) is 0 Å². The number of carbonyl (C=O) groups excluding carboxylic acids is 2. The van der Waals surface area contributed by atoms with Crippen molar-refractivity contribution in [1.29, 1.82) is 0 Å². The fraction of sp³-hybridized carbons (Fsp3) is 0.500. The van der Waals surface area contributed by atoms with Gasteiger partial charge in [0, 0.05) is 72.2 Å². The van der Waals surface area contributed by atoms with Crippen LogP contribution >= 0.6 is 11.8 Å². The lowest BCUT2D eigenvalue weighted by atomic mass is 9.96. The quantitative estimate of drug-likeness (QED) is 0.286. The van der Waals surface area contributed by atoms with E-state index in [1.165, 1.54) is 17.8 Å². The van der Waals surface area contributed by atoms with E-state index in [0.29, 0.717) is 23.2 Å². The van der Waals surface area contributed by atoms with Crippen LogP contribution in [0.1, 0.15) is 66.4 Å². The Morgan fingerprint density at radius 1 is 1.18 bits per heavy atom. The molecule has 0 bridgehead atoms. The summed E-state index contributed by atoms with van der Waals surface area (Å²) in [6, 6.07) is 6.74. The number of thioether (sulfide) groups is 1. The highest BCUT2D eigenvalue weighted by molar-refractivity contribution is 7.98. The van der Waals surface area contributed by atoms with E-state index < -0.39 is 0 Å². The van der Waals surface area contributed by atoms with Crippen LogP contribution in [0.15, 0.2) is 40.5 Å². The van der Waals surface area contributed by atoms with Crippen LogP contribution in [0.2, 0.25) is 0 Å². The monoisotopic (exact) mass is 553 g/mol. The van der Waals surface area contributed by atoms with Crippen molar-refractivity contribution in [2.24, 2.45) is 0 Å². The van der Waals surface area contributed by atoms with E-state index >= 15 is 0 Å². The van der Waals surface area contributed by atoms with E-state index in [1.807, 2.05) is 32.2 Å². The molecule has 1 aromatic heterocycles. The van der Waals surface area contributed by atoms with Crippen molar-refractivity contribution in [3.8, 4) is 0 Å². The van der Waals surface area contributed by atoms with E-state index in [2.05, 4.69) is 58.8 Å². The van der Waals surface area contributed by atoms with Crippen LogP contribution in [-0.2, 0) is 17.9 Å². The predicted octanol–water partition coefficient (Wildman–Crippen LogP) is 4.14. The largest absolute Gasteiger partial charge is 0.368 e. The number of anilines is 1. The predicted molar refractivity (Wildman–Crippen MR) is 161 cm³/mol. The molecule has 1 aliphatic rings. The van der Waals surface area contributed by atoms with Gasteiger partial charge in [0.1, 0.15) is 0 Å². The van der Waals surface area contributed by atoms with Crippen LogP contribution in [0.25, 0.3) is 0 Å². The summed E-state index contributed by atoms with van der Waals surface area (Å²) in [5.74, 6) is -0.511. The number of benzene rings is 1. The van der Waals surface area contributed by atoms with Crippen LogP contribution in [0.4, 0.5) is 5.69 Å². The van der Waals surface area contributed by atoms with Gasteiger partial charge in [0.05, 0.1) is 0 Å². The summed E-state index contributed by atoms with van der Waals surface area (Å²) >= 11 is 1.49. The van der Waals surface area contributed by atoms with E-state index in [9.17, 15) is 14.4 Å². The van der Waals surface area contributed by atoms with Gasteiger partial charge in [-0.05, 0) is 89.1 Å².